The quantitative estimate of drug-likeness (QED) is 0.161. The Hall–Kier alpha value is -10.1. The number of hydrogen-bond acceptors (Lipinski definition) is 1. The van der Waals surface area contributed by atoms with Crippen molar-refractivity contribution >= 4 is 106 Å². The van der Waals surface area contributed by atoms with Gasteiger partial charge >= 0.3 is 0 Å². The molecule has 406 valence electrons. The molecular formula is C81H59BN4. The Morgan fingerprint density at radius 1 is 0.337 bits per heavy atom. The van der Waals surface area contributed by atoms with Crippen molar-refractivity contribution < 1.29 is 0 Å². The number of benzene rings is 12. The zero-order valence-corrected chi connectivity index (χ0v) is 49.0. The topological polar surface area (TPSA) is 18.0 Å². The maximum Gasteiger partial charge on any atom is 0.252 e. The second-order valence-electron chi connectivity index (χ2n) is 26.7. The van der Waals surface area contributed by atoms with Crippen molar-refractivity contribution in [1.29, 1.82) is 0 Å². The maximum absolute atomic E-state index is 2.68. The summed E-state index contributed by atoms with van der Waals surface area (Å²) >= 11 is 0. The lowest BCUT2D eigenvalue weighted by Crippen LogP contribution is -2.60. The highest BCUT2D eigenvalue weighted by Gasteiger charge is 2.54. The number of para-hydroxylation sites is 5. The van der Waals surface area contributed by atoms with Crippen LogP contribution >= 0.6 is 0 Å². The summed E-state index contributed by atoms with van der Waals surface area (Å²) in [6, 6.07) is 95.8. The second-order valence-corrected chi connectivity index (χ2v) is 26.7. The Kier molecular flexibility index (Phi) is 9.33. The molecule has 15 aromatic rings. The summed E-state index contributed by atoms with van der Waals surface area (Å²) in [6.07, 6.45) is 0. The van der Waals surface area contributed by atoms with E-state index in [1.54, 1.807) is 0 Å². The summed E-state index contributed by atoms with van der Waals surface area (Å²) < 4.78 is 7.85. The fourth-order valence-electron chi connectivity index (χ4n) is 16.7. The predicted octanol–water partition coefficient (Wildman–Crippen LogP) is 18.5. The van der Waals surface area contributed by atoms with Crippen LogP contribution in [0.5, 0.6) is 0 Å². The zero-order chi connectivity index (χ0) is 57.3. The number of nitrogens with zero attached hydrogens (tertiary/aromatic N) is 4. The predicted molar refractivity (Wildman–Crippen MR) is 362 cm³/mol. The molecule has 86 heavy (non-hydrogen) atoms. The molecule has 5 heteroatoms. The molecule has 19 rings (SSSR count). The van der Waals surface area contributed by atoms with Crippen LogP contribution in [0.3, 0.4) is 0 Å². The summed E-state index contributed by atoms with van der Waals surface area (Å²) in [7, 11) is 0. The third kappa shape index (κ3) is 6.00. The first-order chi connectivity index (χ1) is 42.0. The van der Waals surface area contributed by atoms with Crippen LogP contribution in [0.25, 0.3) is 105 Å². The van der Waals surface area contributed by atoms with Gasteiger partial charge in [-0.05, 0) is 138 Å². The van der Waals surface area contributed by atoms with Gasteiger partial charge in [-0.3, -0.25) is 0 Å². The molecule has 5 heterocycles. The van der Waals surface area contributed by atoms with Gasteiger partial charge in [0.2, 0.25) is 0 Å². The average Bonchev–Trinajstić information content (AvgIpc) is 1.45. The van der Waals surface area contributed by atoms with Crippen molar-refractivity contribution in [2.24, 2.45) is 0 Å². The summed E-state index contributed by atoms with van der Waals surface area (Å²) in [5, 5.41) is 7.55. The van der Waals surface area contributed by atoms with Gasteiger partial charge < -0.3 is 18.6 Å². The first-order valence-corrected chi connectivity index (χ1v) is 30.6. The van der Waals surface area contributed by atoms with Crippen molar-refractivity contribution in [3.63, 3.8) is 0 Å². The van der Waals surface area contributed by atoms with E-state index in [1.807, 2.05) is 0 Å². The van der Waals surface area contributed by atoms with E-state index in [4.69, 9.17) is 0 Å². The van der Waals surface area contributed by atoms with Crippen molar-refractivity contribution in [2.75, 3.05) is 4.90 Å². The number of rotatable bonds is 3. The Labute approximate surface area is 500 Å². The molecule has 0 saturated carbocycles. The number of hydrogen-bond donors (Lipinski definition) is 0. The molecular weight excluding hydrogens is 1040 g/mol. The van der Waals surface area contributed by atoms with Gasteiger partial charge in [0.25, 0.3) is 6.71 Å². The molecule has 2 aliphatic heterocycles. The van der Waals surface area contributed by atoms with Crippen LogP contribution in [0, 0.1) is 0 Å². The van der Waals surface area contributed by atoms with Gasteiger partial charge in [-0.1, -0.05) is 230 Å². The average molecular weight is 1100 g/mol. The van der Waals surface area contributed by atoms with E-state index in [1.165, 1.54) is 160 Å². The molecule has 0 atom stereocenters. The van der Waals surface area contributed by atoms with Crippen LogP contribution < -0.4 is 21.3 Å². The molecule has 0 saturated heterocycles. The first-order valence-electron chi connectivity index (χ1n) is 30.6. The Morgan fingerprint density at radius 2 is 0.814 bits per heavy atom. The van der Waals surface area contributed by atoms with Gasteiger partial charge in [-0.25, -0.2) is 0 Å². The minimum Gasteiger partial charge on any atom is -0.311 e. The fourth-order valence-corrected chi connectivity index (χ4v) is 16.7. The number of aromatic nitrogens is 3. The lowest BCUT2D eigenvalue weighted by molar-refractivity contribution is 0.568. The van der Waals surface area contributed by atoms with Crippen LogP contribution in [0.1, 0.15) is 74.9 Å². The van der Waals surface area contributed by atoms with Gasteiger partial charge in [0, 0.05) is 66.3 Å². The largest absolute Gasteiger partial charge is 0.311 e. The third-order valence-electron chi connectivity index (χ3n) is 20.3. The zero-order valence-electron chi connectivity index (χ0n) is 49.0. The minimum atomic E-state index is -0.531. The fraction of sp³-hybridized carbons (Fsp3) is 0.111. The molecule has 1 spiro atoms. The molecule has 0 bridgehead atoms. The van der Waals surface area contributed by atoms with E-state index in [-0.39, 0.29) is 17.5 Å². The smallest absolute Gasteiger partial charge is 0.252 e. The summed E-state index contributed by atoms with van der Waals surface area (Å²) in [5.41, 5.74) is 30.9. The van der Waals surface area contributed by atoms with Crippen molar-refractivity contribution in [1.82, 2.24) is 13.7 Å². The highest BCUT2D eigenvalue weighted by Crippen LogP contribution is 2.65. The molecule has 4 nitrogen and oxygen atoms in total. The molecule has 0 fully saturated rings. The normalized spacial score (nSPS) is 14.2. The molecule has 0 N–H and O–H groups in total. The lowest BCUT2D eigenvalue weighted by atomic mass is 9.33. The maximum atomic E-state index is 2.68. The minimum absolute atomic E-state index is 0.0729. The molecule has 0 unspecified atom stereocenters. The van der Waals surface area contributed by atoms with E-state index in [9.17, 15) is 0 Å². The number of anilines is 3. The first kappa shape index (κ1) is 48.3. The molecule has 2 aliphatic carbocycles. The van der Waals surface area contributed by atoms with Crippen LogP contribution in [-0.4, -0.2) is 20.4 Å². The van der Waals surface area contributed by atoms with Crippen molar-refractivity contribution in [3.8, 4) is 39.3 Å². The van der Waals surface area contributed by atoms with E-state index >= 15 is 0 Å². The van der Waals surface area contributed by atoms with Crippen molar-refractivity contribution in [2.45, 2.75) is 57.8 Å². The highest BCUT2D eigenvalue weighted by atomic mass is 15.2. The SMILES string of the molecule is CC(C)(C)c1cc(-n2c3ccccc3c3cc4c5c(c6ccccc6n5-c5cc(-n6c7ccccc7c7ccccc76)cc6c5B4c4ccc5c(c4N6c4ccccc4)-c4ccccc4C54c5ccccc5-c5ccccc54)c32)cc(C(C)(C)C)c1. The highest BCUT2D eigenvalue weighted by molar-refractivity contribution is 7.00. The molecule has 3 aromatic heterocycles. The molecule has 0 radical (unpaired) electrons. The van der Waals surface area contributed by atoms with Gasteiger partial charge in [0.15, 0.2) is 0 Å². The Bertz CT molecular complexity index is 5390. The van der Waals surface area contributed by atoms with E-state index < -0.39 is 5.41 Å². The van der Waals surface area contributed by atoms with Gasteiger partial charge in [-0.15, -0.1) is 0 Å². The number of fused-ring (bicyclic) bond motifs is 25. The Balaban J connectivity index is 1.02. The molecule has 4 aliphatic rings. The van der Waals surface area contributed by atoms with Crippen molar-refractivity contribution in [3.05, 3.63) is 282 Å². The van der Waals surface area contributed by atoms with Crippen LogP contribution in [-0.2, 0) is 16.2 Å². The third-order valence-corrected chi connectivity index (χ3v) is 20.3. The van der Waals surface area contributed by atoms with Gasteiger partial charge in [-0.2, -0.15) is 0 Å². The van der Waals surface area contributed by atoms with Gasteiger partial charge in [0.05, 0.1) is 44.2 Å². The van der Waals surface area contributed by atoms with Crippen LogP contribution in [0.15, 0.2) is 249 Å². The van der Waals surface area contributed by atoms with Crippen LogP contribution in [0.2, 0.25) is 0 Å². The molecule has 0 amide bonds. The lowest BCUT2D eigenvalue weighted by Gasteiger charge is -2.42. The monoisotopic (exact) mass is 1100 g/mol. The Morgan fingerprint density at radius 3 is 1.42 bits per heavy atom. The van der Waals surface area contributed by atoms with E-state index in [0.29, 0.717) is 0 Å². The van der Waals surface area contributed by atoms with E-state index in [0.717, 1.165) is 11.4 Å². The molecule has 12 aromatic carbocycles. The summed E-state index contributed by atoms with van der Waals surface area (Å²) in [6.45, 7) is 14.0. The van der Waals surface area contributed by atoms with Crippen LogP contribution in [0.4, 0.5) is 17.1 Å². The summed E-state index contributed by atoms with van der Waals surface area (Å²) in [4.78, 5) is 2.68. The van der Waals surface area contributed by atoms with E-state index in [2.05, 4.69) is 309 Å². The second kappa shape index (κ2) is 16.6. The standard InChI is InChI=1S/C81H59BN4/c1-79(2,3)48-42-49(80(4,5)6)44-51(43-48)85-69-38-22-15-30-57(69)60-47-66-78-74(76(60)85)59-32-16-23-39-70(59)86(78)72-46-52(83-67-36-20-13-28-55(67)56-29-14-21-37-68(56)83)45-71-75(72)82(66)65-41-40-64-73(77(65)84(71)50-24-8-7-9-25-50)58-31-12-19-35-63(58)81(64)61-33-17-10-26-53(61)54-27-11-18-34-62(54)81/h7-47H,1-6H3. The van der Waals surface area contributed by atoms with Gasteiger partial charge in [0.1, 0.15) is 0 Å². The summed E-state index contributed by atoms with van der Waals surface area (Å²) in [5.74, 6) is 0.